The van der Waals surface area contributed by atoms with Crippen molar-refractivity contribution in [2.45, 2.75) is 25.7 Å². The van der Waals surface area contributed by atoms with Crippen LogP contribution in [0.15, 0.2) is 43.0 Å². The van der Waals surface area contributed by atoms with E-state index >= 15 is 0 Å². The minimum Gasteiger partial charge on any atom is -0.381 e. The van der Waals surface area contributed by atoms with Gasteiger partial charge < -0.3 is 4.74 Å². The van der Waals surface area contributed by atoms with Crippen LogP contribution in [-0.4, -0.2) is 13.2 Å². The Bertz CT molecular complexity index is 253. The third-order valence-electron chi connectivity index (χ3n) is 2.29. The molecule has 0 aromatic heterocycles. The molecule has 0 aliphatic rings. The van der Waals surface area contributed by atoms with Crippen molar-refractivity contribution in [1.82, 2.24) is 0 Å². The molecule has 0 radical (unpaired) electrons. The SMILES string of the molecule is C=CCCCOCCCc1ccccc1. The van der Waals surface area contributed by atoms with Gasteiger partial charge in [-0.1, -0.05) is 36.4 Å². The highest BCUT2D eigenvalue weighted by atomic mass is 16.5. The van der Waals surface area contributed by atoms with Crippen molar-refractivity contribution < 1.29 is 4.74 Å². The number of allylic oxidation sites excluding steroid dienone is 1. The maximum atomic E-state index is 5.51. The minimum absolute atomic E-state index is 0.862. The van der Waals surface area contributed by atoms with Gasteiger partial charge in [-0.05, 0) is 31.2 Å². The van der Waals surface area contributed by atoms with Gasteiger partial charge in [0.2, 0.25) is 0 Å². The van der Waals surface area contributed by atoms with Gasteiger partial charge in [-0.2, -0.15) is 0 Å². The summed E-state index contributed by atoms with van der Waals surface area (Å²) in [6, 6.07) is 10.5. The van der Waals surface area contributed by atoms with Gasteiger partial charge in [0.05, 0.1) is 0 Å². The molecular weight excluding hydrogens is 184 g/mol. The third-order valence-corrected chi connectivity index (χ3v) is 2.29. The topological polar surface area (TPSA) is 9.23 Å². The monoisotopic (exact) mass is 204 g/mol. The quantitative estimate of drug-likeness (QED) is 0.464. The van der Waals surface area contributed by atoms with E-state index in [4.69, 9.17) is 4.74 Å². The number of rotatable bonds is 8. The van der Waals surface area contributed by atoms with Crippen molar-refractivity contribution in [2.75, 3.05) is 13.2 Å². The molecule has 0 saturated heterocycles. The molecule has 15 heavy (non-hydrogen) atoms. The van der Waals surface area contributed by atoms with Crippen molar-refractivity contribution >= 4 is 0 Å². The summed E-state index contributed by atoms with van der Waals surface area (Å²) in [5.41, 5.74) is 1.40. The zero-order chi connectivity index (χ0) is 10.8. The van der Waals surface area contributed by atoms with Crippen LogP contribution in [0.1, 0.15) is 24.8 Å². The zero-order valence-corrected chi connectivity index (χ0v) is 9.32. The number of hydrogen-bond donors (Lipinski definition) is 0. The Morgan fingerprint density at radius 2 is 1.80 bits per heavy atom. The van der Waals surface area contributed by atoms with Crippen LogP contribution < -0.4 is 0 Å². The first-order valence-corrected chi connectivity index (χ1v) is 5.66. The van der Waals surface area contributed by atoms with Crippen molar-refractivity contribution in [1.29, 1.82) is 0 Å². The fraction of sp³-hybridized carbons (Fsp3) is 0.429. The Kier molecular flexibility index (Phi) is 6.59. The van der Waals surface area contributed by atoms with E-state index in [1.54, 1.807) is 0 Å². The van der Waals surface area contributed by atoms with Gasteiger partial charge in [-0.15, -0.1) is 6.58 Å². The normalized spacial score (nSPS) is 10.1. The second-order valence-electron chi connectivity index (χ2n) is 3.63. The molecule has 0 saturated carbocycles. The standard InChI is InChI=1S/C14H20O/c1-2-3-7-12-15-13-8-11-14-9-5-4-6-10-14/h2,4-6,9-10H,1,3,7-8,11-13H2. The highest BCUT2D eigenvalue weighted by molar-refractivity contribution is 5.14. The Morgan fingerprint density at radius 3 is 2.53 bits per heavy atom. The maximum Gasteiger partial charge on any atom is 0.0469 e. The van der Waals surface area contributed by atoms with Gasteiger partial charge in [0.15, 0.2) is 0 Å². The van der Waals surface area contributed by atoms with Gasteiger partial charge in [-0.25, -0.2) is 0 Å². The lowest BCUT2D eigenvalue weighted by Crippen LogP contribution is -1.98. The minimum atomic E-state index is 0.862. The number of aryl methyl sites for hydroxylation is 1. The highest BCUT2D eigenvalue weighted by Crippen LogP contribution is 2.02. The van der Waals surface area contributed by atoms with Crippen LogP contribution in [-0.2, 0) is 11.2 Å². The molecule has 0 aliphatic heterocycles. The molecule has 0 spiro atoms. The van der Waals surface area contributed by atoms with E-state index in [1.807, 2.05) is 6.08 Å². The van der Waals surface area contributed by atoms with Crippen molar-refractivity contribution in [3.63, 3.8) is 0 Å². The molecule has 0 atom stereocenters. The second-order valence-corrected chi connectivity index (χ2v) is 3.63. The van der Waals surface area contributed by atoms with Gasteiger partial charge in [-0.3, -0.25) is 0 Å². The van der Waals surface area contributed by atoms with Crippen LogP contribution >= 0.6 is 0 Å². The number of ether oxygens (including phenoxy) is 1. The first kappa shape index (κ1) is 12.0. The lowest BCUT2D eigenvalue weighted by atomic mass is 10.1. The first-order valence-electron chi connectivity index (χ1n) is 5.66. The molecule has 0 heterocycles. The molecule has 0 unspecified atom stereocenters. The van der Waals surface area contributed by atoms with Crippen molar-refractivity contribution in [3.05, 3.63) is 48.6 Å². The van der Waals surface area contributed by atoms with Crippen LogP contribution in [0.2, 0.25) is 0 Å². The number of unbranched alkanes of at least 4 members (excludes halogenated alkanes) is 1. The summed E-state index contributed by atoms with van der Waals surface area (Å²) in [6.07, 6.45) is 6.31. The smallest absolute Gasteiger partial charge is 0.0469 e. The molecule has 1 nitrogen and oxygen atoms in total. The molecule has 0 amide bonds. The van der Waals surface area contributed by atoms with E-state index < -0.39 is 0 Å². The van der Waals surface area contributed by atoms with Crippen LogP contribution in [0.25, 0.3) is 0 Å². The molecule has 0 N–H and O–H groups in total. The van der Waals surface area contributed by atoms with Gasteiger partial charge in [0.1, 0.15) is 0 Å². The average Bonchev–Trinajstić information content (AvgIpc) is 2.29. The number of hydrogen-bond acceptors (Lipinski definition) is 1. The Morgan fingerprint density at radius 1 is 1.07 bits per heavy atom. The van der Waals surface area contributed by atoms with Crippen LogP contribution in [0.4, 0.5) is 0 Å². The first-order chi connectivity index (χ1) is 7.43. The summed E-state index contributed by atoms with van der Waals surface area (Å²) >= 11 is 0. The second kappa shape index (κ2) is 8.25. The van der Waals surface area contributed by atoms with E-state index in [-0.39, 0.29) is 0 Å². The zero-order valence-electron chi connectivity index (χ0n) is 9.32. The summed E-state index contributed by atoms with van der Waals surface area (Å²) in [5.74, 6) is 0. The molecule has 0 bridgehead atoms. The van der Waals surface area contributed by atoms with Crippen LogP contribution in [0.3, 0.4) is 0 Å². The van der Waals surface area contributed by atoms with E-state index in [0.29, 0.717) is 0 Å². The Balaban J connectivity index is 1.95. The maximum absolute atomic E-state index is 5.51. The summed E-state index contributed by atoms with van der Waals surface area (Å²) in [4.78, 5) is 0. The lowest BCUT2D eigenvalue weighted by Gasteiger charge is -2.03. The predicted molar refractivity (Wildman–Crippen MR) is 65.0 cm³/mol. The van der Waals surface area contributed by atoms with Crippen molar-refractivity contribution in [3.8, 4) is 0 Å². The third kappa shape index (κ3) is 6.08. The lowest BCUT2D eigenvalue weighted by molar-refractivity contribution is 0.130. The van der Waals surface area contributed by atoms with Crippen molar-refractivity contribution in [2.24, 2.45) is 0 Å². The molecular formula is C14H20O. The average molecular weight is 204 g/mol. The van der Waals surface area contributed by atoms with E-state index in [0.717, 1.165) is 38.9 Å². The Hall–Kier alpha value is -1.08. The molecule has 0 fully saturated rings. The molecule has 1 aromatic carbocycles. The Labute approximate surface area is 92.8 Å². The largest absolute Gasteiger partial charge is 0.381 e. The fourth-order valence-electron chi connectivity index (χ4n) is 1.45. The highest BCUT2D eigenvalue weighted by Gasteiger charge is 1.92. The van der Waals surface area contributed by atoms with Gasteiger partial charge >= 0.3 is 0 Å². The molecule has 0 aliphatic carbocycles. The fourth-order valence-corrected chi connectivity index (χ4v) is 1.45. The molecule has 82 valence electrons. The summed E-state index contributed by atoms with van der Waals surface area (Å²) in [6.45, 7) is 5.41. The van der Waals surface area contributed by atoms with E-state index in [1.165, 1.54) is 5.56 Å². The van der Waals surface area contributed by atoms with E-state index in [9.17, 15) is 0 Å². The van der Waals surface area contributed by atoms with Crippen LogP contribution in [0.5, 0.6) is 0 Å². The summed E-state index contributed by atoms with van der Waals surface area (Å²) in [7, 11) is 0. The van der Waals surface area contributed by atoms with Gasteiger partial charge in [0, 0.05) is 13.2 Å². The summed E-state index contributed by atoms with van der Waals surface area (Å²) in [5, 5.41) is 0. The van der Waals surface area contributed by atoms with E-state index in [2.05, 4.69) is 36.9 Å². The number of benzene rings is 1. The van der Waals surface area contributed by atoms with Gasteiger partial charge in [0.25, 0.3) is 0 Å². The molecule has 1 aromatic rings. The van der Waals surface area contributed by atoms with Crippen LogP contribution in [0, 0.1) is 0 Å². The molecule has 1 rings (SSSR count). The summed E-state index contributed by atoms with van der Waals surface area (Å²) < 4.78 is 5.51. The molecule has 1 heteroatoms. The predicted octanol–water partition coefficient (Wildman–Crippen LogP) is 3.60.